The highest BCUT2D eigenvalue weighted by Gasteiger charge is 2.39. The van der Waals surface area contributed by atoms with Crippen molar-refractivity contribution in [2.45, 2.75) is 32.0 Å². The SMILES string of the molecule is CC1CN(C(=O)N2CSCC2C(=O)O)CC(C)N1C. The Morgan fingerprint density at radius 3 is 2.32 bits per heavy atom. The lowest BCUT2D eigenvalue weighted by atomic mass is 10.1. The van der Waals surface area contributed by atoms with Gasteiger partial charge in [0.1, 0.15) is 6.04 Å². The fraction of sp³-hybridized carbons (Fsp3) is 0.833. The van der Waals surface area contributed by atoms with Crippen LogP contribution in [0.3, 0.4) is 0 Å². The van der Waals surface area contributed by atoms with Gasteiger partial charge in [0.15, 0.2) is 0 Å². The second-order valence-corrected chi connectivity index (χ2v) is 6.37. The van der Waals surface area contributed by atoms with Crippen molar-refractivity contribution < 1.29 is 14.7 Å². The molecule has 0 saturated carbocycles. The molecule has 2 rings (SSSR count). The summed E-state index contributed by atoms with van der Waals surface area (Å²) in [6.45, 7) is 5.49. The van der Waals surface area contributed by atoms with E-state index >= 15 is 0 Å². The molecule has 0 bridgehead atoms. The molecule has 0 aromatic heterocycles. The molecule has 2 amide bonds. The van der Waals surface area contributed by atoms with E-state index in [0.717, 1.165) is 0 Å². The molecule has 2 aliphatic heterocycles. The van der Waals surface area contributed by atoms with Crippen molar-refractivity contribution in [1.82, 2.24) is 14.7 Å². The Balaban J connectivity index is 2.05. The molecule has 2 heterocycles. The predicted octanol–water partition coefficient (Wildman–Crippen LogP) is 0.590. The van der Waals surface area contributed by atoms with E-state index in [4.69, 9.17) is 5.11 Å². The molecule has 6 nitrogen and oxygen atoms in total. The van der Waals surface area contributed by atoms with Crippen molar-refractivity contribution in [3.63, 3.8) is 0 Å². The Bertz CT molecular complexity index is 367. The minimum atomic E-state index is -0.909. The molecule has 0 aromatic carbocycles. The van der Waals surface area contributed by atoms with Crippen LogP contribution in [0, 0.1) is 0 Å². The third-order valence-electron chi connectivity index (χ3n) is 4.04. The maximum atomic E-state index is 12.5. The largest absolute Gasteiger partial charge is 0.480 e. The van der Waals surface area contributed by atoms with Crippen LogP contribution < -0.4 is 0 Å². The standard InChI is InChI=1S/C12H21N3O3S/c1-8-4-14(5-9(2)13(8)3)12(18)15-7-19-6-10(15)11(16)17/h8-10H,4-7H2,1-3H3,(H,16,17). The number of nitrogens with zero attached hydrogens (tertiary/aromatic N) is 3. The summed E-state index contributed by atoms with van der Waals surface area (Å²) in [5.41, 5.74) is 0. The van der Waals surface area contributed by atoms with Gasteiger partial charge in [-0.05, 0) is 20.9 Å². The number of amides is 2. The minimum absolute atomic E-state index is 0.135. The number of carbonyl (C=O) groups is 2. The topological polar surface area (TPSA) is 64.1 Å². The quantitative estimate of drug-likeness (QED) is 0.765. The third-order valence-corrected chi connectivity index (χ3v) is 5.06. The average molecular weight is 287 g/mol. The molecule has 2 saturated heterocycles. The number of piperazine rings is 1. The van der Waals surface area contributed by atoms with Gasteiger partial charge in [-0.25, -0.2) is 9.59 Å². The number of hydrogen-bond donors (Lipinski definition) is 1. The van der Waals surface area contributed by atoms with E-state index in [9.17, 15) is 9.59 Å². The van der Waals surface area contributed by atoms with Crippen LogP contribution in [0.25, 0.3) is 0 Å². The van der Waals surface area contributed by atoms with Gasteiger partial charge in [0, 0.05) is 30.9 Å². The van der Waals surface area contributed by atoms with Crippen molar-refractivity contribution in [1.29, 1.82) is 0 Å². The minimum Gasteiger partial charge on any atom is -0.480 e. The molecule has 2 fully saturated rings. The van der Waals surface area contributed by atoms with Gasteiger partial charge in [-0.1, -0.05) is 0 Å². The smallest absolute Gasteiger partial charge is 0.327 e. The molecule has 3 unspecified atom stereocenters. The maximum absolute atomic E-state index is 12.5. The first kappa shape index (κ1) is 14.5. The Morgan fingerprint density at radius 2 is 1.79 bits per heavy atom. The molecule has 1 N–H and O–H groups in total. The van der Waals surface area contributed by atoms with E-state index in [1.54, 1.807) is 4.90 Å². The first-order valence-electron chi connectivity index (χ1n) is 6.50. The highest BCUT2D eigenvalue weighted by Crippen LogP contribution is 2.24. The monoisotopic (exact) mass is 287 g/mol. The van der Waals surface area contributed by atoms with Crippen molar-refractivity contribution in [2.75, 3.05) is 31.8 Å². The number of carboxylic acid groups (broad SMARTS) is 1. The number of aliphatic carboxylic acids is 1. The molecule has 0 spiro atoms. The summed E-state index contributed by atoms with van der Waals surface area (Å²) in [7, 11) is 2.06. The van der Waals surface area contributed by atoms with Crippen LogP contribution in [-0.4, -0.2) is 81.7 Å². The van der Waals surface area contributed by atoms with E-state index in [1.807, 2.05) is 0 Å². The first-order valence-corrected chi connectivity index (χ1v) is 7.65. The number of thioether (sulfide) groups is 1. The van der Waals surface area contributed by atoms with Crippen LogP contribution in [0.4, 0.5) is 4.79 Å². The Labute approximate surface area is 117 Å². The van der Waals surface area contributed by atoms with Crippen LogP contribution >= 0.6 is 11.8 Å². The molecule has 108 valence electrons. The summed E-state index contributed by atoms with van der Waals surface area (Å²) in [6, 6.07) is -0.218. The molecule has 0 aliphatic carbocycles. The molecule has 19 heavy (non-hydrogen) atoms. The maximum Gasteiger partial charge on any atom is 0.327 e. The fourth-order valence-electron chi connectivity index (χ4n) is 2.58. The molecular formula is C12H21N3O3S. The van der Waals surface area contributed by atoms with E-state index in [-0.39, 0.29) is 6.03 Å². The van der Waals surface area contributed by atoms with Gasteiger partial charge in [-0.3, -0.25) is 4.90 Å². The lowest BCUT2D eigenvalue weighted by Crippen LogP contribution is -2.60. The van der Waals surface area contributed by atoms with Crippen molar-refractivity contribution in [2.24, 2.45) is 0 Å². The van der Waals surface area contributed by atoms with Crippen LogP contribution in [0.1, 0.15) is 13.8 Å². The molecule has 0 radical (unpaired) electrons. The van der Waals surface area contributed by atoms with E-state index in [0.29, 0.717) is 36.8 Å². The van der Waals surface area contributed by atoms with Gasteiger partial charge in [-0.15, -0.1) is 11.8 Å². The van der Waals surface area contributed by atoms with Crippen LogP contribution in [0.15, 0.2) is 0 Å². The number of carbonyl (C=O) groups excluding carboxylic acids is 1. The lowest BCUT2D eigenvalue weighted by molar-refractivity contribution is -0.141. The highest BCUT2D eigenvalue weighted by atomic mass is 32.2. The summed E-state index contributed by atoms with van der Waals surface area (Å²) in [4.78, 5) is 29.1. The van der Waals surface area contributed by atoms with Gasteiger partial charge in [0.25, 0.3) is 0 Å². The summed E-state index contributed by atoms with van der Waals surface area (Å²) in [5.74, 6) is 0.0544. The van der Waals surface area contributed by atoms with E-state index in [2.05, 4.69) is 25.8 Å². The van der Waals surface area contributed by atoms with E-state index in [1.165, 1.54) is 16.7 Å². The van der Waals surface area contributed by atoms with Gasteiger partial charge < -0.3 is 14.9 Å². The lowest BCUT2D eigenvalue weighted by Gasteiger charge is -2.43. The Hall–Kier alpha value is -0.950. The normalized spacial score (nSPS) is 32.7. The van der Waals surface area contributed by atoms with E-state index < -0.39 is 12.0 Å². The Morgan fingerprint density at radius 1 is 1.21 bits per heavy atom. The first-order chi connectivity index (χ1) is 8.91. The number of hydrogen-bond acceptors (Lipinski definition) is 4. The van der Waals surface area contributed by atoms with Gasteiger partial charge in [-0.2, -0.15) is 0 Å². The van der Waals surface area contributed by atoms with Crippen LogP contribution in [0.5, 0.6) is 0 Å². The zero-order valence-electron chi connectivity index (χ0n) is 11.6. The summed E-state index contributed by atoms with van der Waals surface area (Å²) < 4.78 is 0. The summed E-state index contributed by atoms with van der Waals surface area (Å²) >= 11 is 1.50. The zero-order valence-corrected chi connectivity index (χ0v) is 12.4. The summed E-state index contributed by atoms with van der Waals surface area (Å²) in [5, 5.41) is 9.14. The van der Waals surface area contributed by atoms with Gasteiger partial charge in [0.2, 0.25) is 0 Å². The molecule has 0 aromatic rings. The average Bonchev–Trinajstić information content (AvgIpc) is 2.83. The molecule has 3 atom stereocenters. The van der Waals surface area contributed by atoms with Crippen LogP contribution in [0.2, 0.25) is 0 Å². The number of rotatable bonds is 1. The Kier molecular flexibility index (Phi) is 4.25. The van der Waals surface area contributed by atoms with Crippen molar-refractivity contribution in [3.05, 3.63) is 0 Å². The van der Waals surface area contributed by atoms with Crippen LogP contribution in [-0.2, 0) is 4.79 Å². The zero-order chi connectivity index (χ0) is 14.2. The second-order valence-electron chi connectivity index (χ2n) is 5.37. The number of carboxylic acids is 1. The molecule has 2 aliphatic rings. The molecular weight excluding hydrogens is 266 g/mol. The van der Waals surface area contributed by atoms with Crippen molar-refractivity contribution in [3.8, 4) is 0 Å². The number of urea groups is 1. The van der Waals surface area contributed by atoms with Gasteiger partial charge in [0.05, 0.1) is 5.88 Å². The molecule has 7 heteroatoms. The van der Waals surface area contributed by atoms with Gasteiger partial charge >= 0.3 is 12.0 Å². The highest BCUT2D eigenvalue weighted by molar-refractivity contribution is 7.99. The summed E-state index contributed by atoms with van der Waals surface area (Å²) in [6.07, 6.45) is 0. The number of likely N-dealkylation sites (N-methyl/N-ethyl adjacent to an activating group) is 1. The van der Waals surface area contributed by atoms with Crippen molar-refractivity contribution >= 4 is 23.8 Å². The second kappa shape index (κ2) is 5.58. The fourth-order valence-corrected chi connectivity index (χ4v) is 3.72. The predicted molar refractivity (Wildman–Crippen MR) is 74.2 cm³/mol. The third kappa shape index (κ3) is 2.81.